The van der Waals surface area contributed by atoms with Crippen molar-refractivity contribution in [3.8, 4) is 0 Å². The summed E-state index contributed by atoms with van der Waals surface area (Å²) in [5.74, 6) is 0.627. The second-order valence-corrected chi connectivity index (χ2v) is 7.37. The molecule has 0 saturated heterocycles. The van der Waals surface area contributed by atoms with E-state index in [1.54, 1.807) is 55.0 Å². The van der Waals surface area contributed by atoms with Gasteiger partial charge < -0.3 is 15.5 Å². The van der Waals surface area contributed by atoms with Crippen molar-refractivity contribution in [1.82, 2.24) is 10.2 Å². The standard InChI is InChI=1S/C20H24FN3O2S/c1-24(2)19(25)14-15-4-8-17(9-5-15)23-20(26)22-12-3-13-27-18-10-6-16(21)7-11-18/h4-11H,3,12-14H2,1-2H3,(H2,22,23,26). The highest BCUT2D eigenvalue weighted by Gasteiger charge is 2.06. The fourth-order valence-corrected chi connectivity index (χ4v) is 3.06. The molecule has 0 fully saturated rings. The fraction of sp³-hybridized carbons (Fsp3) is 0.300. The summed E-state index contributed by atoms with van der Waals surface area (Å²) in [5, 5.41) is 5.57. The number of carbonyl (C=O) groups is 2. The van der Waals surface area contributed by atoms with E-state index in [9.17, 15) is 14.0 Å². The van der Waals surface area contributed by atoms with Crippen LogP contribution in [-0.2, 0) is 11.2 Å². The van der Waals surface area contributed by atoms with Gasteiger partial charge in [0.2, 0.25) is 5.91 Å². The van der Waals surface area contributed by atoms with Crippen molar-refractivity contribution in [2.45, 2.75) is 17.7 Å². The molecule has 2 aromatic rings. The van der Waals surface area contributed by atoms with Gasteiger partial charge in [0.05, 0.1) is 6.42 Å². The van der Waals surface area contributed by atoms with E-state index in [0.29, 0.717) is 18.7 Å². The Morgan fingerprint density at radius 2 is 1.70 bits per heavy atom. The maximum Gasteiger partial charge on any atom is 0.319 e. The molecule has 7 heteroatoms. The molecule has 0 unspecified atom stereocenters. The van der Waals surface area contributed by atoms with Crippen LogP contribution in [0.1, 0.15) is 12.0 Å². The van der Waals surface area contributed by atoms with Crippen LogP contribution in [0.2, 0.25) is 0 Å². The molecule has 144 valence electrons. The molecule has 0 heterocycles. The molecule has 2 rings (SSSR count). The van der Waals surface area contributed by atoms with Gasteiger partial charge in [-0.2, -0.15) is 0 Å². The summed E-state index contributed by atoms with van der Waals surface area (Å²) < 4.78 is 12.8. The molecular formula is C20H24FN3O2S. The summed E-state index contributed by atoms with van der Waals surface area (Å²) in [6.07, 6.45) is 1.15. The molecule has 0 atom stereocenters. The number of rotatable bonds is 8. The zero-order chi connectivity index (χ0) is 19.6. The maximum absolute atomic E-state index is 12.8. The quantitative estimate of drug-likeness (QED) is 0.534. The van der Waals surface area contributed by atoms with E-state index in [0.717, 1.165) is 22.6 Å². The minimum Gasteiger partial charge on any atom is -0.349 e. The van der Waals surface area contributed by atoms with Crippen LogP contribution >= 0.6 is 11.8 Å². The van der Waals surface area contributed by atoms with Gasteiger partial charge in [-0.05, 0) is 54.1 Å². The summed E-state index contributed by atoms with van der Waals surface area (Å²) >= 11 is 1.62. The van der Waals surface area contributed by atoms with Gasteiger partial charge in [-0.3, -0.25) is 4.79 Å². The third-order valence-electron chi connectivity index (χ3n) is 3.75. The molecule has 2 aromatic carbocycles. The molecule has 0 aliphatic carbocycles. The Kier molecular flexibility index (Phi) is 8.13. The van der Waals surface area contributed by atoms with Crippen molar-refractivity contribution in [3.05, 3.63) is 59.9 Å². The number of halogens is 1. The molecule has 0 bridgehead atoms. The van der Waals surface area contributed by atoms with Gasteiger partial charge in [0.25, 0.3) is 0 Å². The Hall–Kier alpha value is -2.54. The Balaban J connectivity index is 1.65. The minimum atomic E-state index is -0.265. The van der Waals surface area contributed by atoms with Gasteiger partial charge in [-0.25, -0.2) is 9.18 Å². The lowest BCUT2D eigenvalue weighted by Crippen LogP contribution is -2.29. The van der Waals surface area contributed by atoms with Crippen LogP contribution in [0.3, 0.4) is 0 Å². The highest BCUT2D eigenvalue weighted by molar-refractivity contribution is 7.99. The number of carbonyl (C=O) groups excluding carboxylic acids is 2. The zero-order valence-corrected chi connectivity index (χ0v) is 16.3. The van der Waals surface area contributed by atoms with Gasteiger partial charge >= 0.3 is 6.03 Å². The van der Waals surface area contributed by atoms with E-state index < -0.39 is 0 Å². The zero-order valence-electron chi connectivity index (χ0n) is 15.5. The Labute approximate surface area is 163 Å². The predicted octanol–water partition coefficient (Wildman–Crippen LogP) is 3.76. The van der Waals surface area contributed by atoms with Crippen molar-refractivity contribution in [3.63, 3.8) is 0 Å². The Morgan fingerprint density at radius 3 is 2.33 bits per heavy atom. The van der Waals surface area contributed by atoms with Crippen LogP contribution in [0.4, 0.5) is 14.9 Å². The number of benzene rings is 2. The lowest BCUT2D eigenvalue weighted by Gasteiger charge is -2.11. The maximum atomic E-state index is 12.8. The number of urea groups is 1. The molecular weight excluding hydrogens is 365 g/mol. The van der Waals surface area contributed by atoms with Gasteiger partial charge in [0.15, 0.2) is 0 Å². The number of nitrogens with one attached hydrogen (secondary N) is 2. The first-order chi connectivity index (χ1) is 12.9. The number of nitrogens with zero attached hydrogens (tertiary/aromatic N) is 1. The largest absolute Gasteiger partial charge is 0.349 e. The summed E-state index contributed by atoms with van der Waals surface area (Å²) in [6, 6.07) is 13.3. The summed E-state index contributed by atoms with van der Waals surface area (Å²) in [5.41, 5.74) is 1.58. The lowest BCUT2D eigenvalue weighted by atomic mass is 10.1. The van der Waals surface area contributed by atoms with Crippen LogP contribution in [0.25, 0.3) is 0 Å². The van der Waals surface area contributed by atoms with E-state index in [1.165, 1.54) is 12.1 Å². The molecule has 0 aliphatic heterocycles. The molecule has 0 radical (unpaired) electrons. The molecule has 0 saturated carbocycles. The average Bonchev–Trinajstić information content (AvgIpc) is 2.64. The van der Waals surface area contributed by atoms with Crippen molar-refractivity contribution < 1.29 is 14.0 Å². The van der Waals surface area contributed by atoms with Crippen molar-refractivity contribution >= 4 is 29.4 Å². The van der Waals surface area contributed by atoms with E-state index >= 15 is 0 Å². The summed E-state index contributed by atoms with van der Waals surface area (Å²) in [7, 11) is 3.45. The number of hydrogen-bond acceptors (Lipinski definition) is 3. The van der Waals surface area contributed by atoms with Crippen LogP contribution in [0.15, 0.2) is 53.4 Å². The minimum absolute atomic E-state index is 0.0342. The lowest BCUT2D eigenvalue weighted by molar-refractivity contribution is -0.127. The van der Waals surface area contributed by atoms with Crippen molar-refractivity contribution in [2.75, 3.05) is 31.7 Å². The topological polar surface area (TPSA) is 61.4 Å². The molecule has 27 heavy (non-hydrogen) atoms. The third kappa shape index (κ3) is 7.70. The van der Waals surface area contributed by atoms with Gasteiger partial charge in [-0.1, -0.05) is 12.1 Å². The first kappa shape index (κ1) is 20.8. The first-order valence-electron chi connectivity index (χ1n) is 8.66. The van der Waals surface area contributed by atoms with Crippen molar-refractivity contribution in [2.24, 2.45) is 0 Å². The Morgan fingerprint density at radius 1 is 1.04 bits per heavy atom. The number of anilines is 1. The van der Waals surface area contributed by atoms with E-state index in [1.807, 2.05) is 12.1 Å². The first-order valence-corrected chi connectivity index (χ1v) is 9.65. The molecule has 3 amide bonds. The van der Waals surface area contributed by atoms with Crippen molar-refractivity contribution in [1.29, 1.82) is 0 Å². The van der Waals surface area contributed by atoms with Crippen LogP contribution in [0.5, 0.6) is 0 Å². The van der Waals surface area contributed by atoms with Gasteiger partial charge in [-0.15, -0.1) is 11.8 Å². The van der Waals surface area contributed by atoms with Gasteiger partial charge in [0.1, 0.15) is 5.82 Å². The molecule has 0 aromatic heterocycles. The summed E-state index contributed by atoms with van der Waals surface area (Å²) in [6.45, 7) is 0.551. The van der Waals surface area contributed by atoms with Gasteiger partial charge in [0, 0.05) is 31.2 Å². The SMILES string of the molecule is CN(C)C(=O)Cc1ccc(NC(=O)NCCCSc2ccc(F)cc2)cc1. The third-order valence-corrected chi connectivity index (χ3v) is 4.85. The van der Waals surface area contributed by atoms with E-state index in [-0.39, 0.29) is 17.8 Å². The normalized spacial score (nSPS) is 10.3. The number of thioether (sulfide) groups is 1. The monoisotopic (exact) mass is 389 g/mol. The second-order valence-electron chi connectivity index (χ2n) is 6.20. The highest BCUT2D eigenvalue weighted by Crippen LogP contribution is 2.18. The van der Waals surface area contributed by atoms with E-state index in [4.69, 9.17) is 0 Å². The van der Waals surface area contributed by atoms with Crippen LogP contribution < -0.4 is 10.6 Å². The predicted molar refractivity (Wildman–Crippen MR) is 108 cm³/mol. The number of hydrogen-bond donors (Lipinski definition) is 2. The second kappa shape index (κ2) is 10.6. The average molecular weight is 389 g/mol. The molecule has 0 aliphatic rings. The Bertz CT molecular complexity index is 749. The molecule has 5 nitrogen and oxygen atoms in total. The molecule has 2 N–H and O–H groups in total. The summed E-state index contributed by atoms with van der Waals surface area (Å²) in [4.78, 5) is 26.1. The van der Waals surface area contributed by atoms with E-state index in [2.05, 4.69) is 10.6 Å². The highest BCUT2D eigenvalue weighted by atomic mass is 32.2. The smallest absolute Gasteiger partial charge is 0.319 e. The van der Waals surface area contributed by atoms with Crippen LogP contribution in [-0.4, -0.2) is 43.2 Å². The number of amides is 3. The molecule has 0 spiro atoms. The fourth-order valence-electron chi connectivity index (χ4n) is 2.21. The number of likely N-dealkylation sites (N-methyl/N-ethyl adjacent to an activating group) is 1. The van der Waals surface area contributed by atoms with Crippen LogP contribution in [0, 0.1) is 5.82 Å².